The summed E-state index contributed by atoms with van der Waals surface area (Å²) in [4.78, 5) is 15.5. The lowest BCUT2D eigenvalue weighted by atomic mass is 9.89. The molecule has 0 saturated carbocycles. The summed E-state index contributed by atoms with van der Waals surface area (Å²) in [5.41, 5.74) is 6.36. The first kappa shape index (κ1) is 36.0. The third-order valence-corrected chi connectivity index (χ3v) is 9.87. The molecule has 53 heavy (non-hydrogen) atoms. The number of carbonyl (C=O) groups is 1. The van der Waals surface area contributed by atoms with Crippen molar-refractivity contribution in [3.05, 3.63) is 143 Å². The highest BCUT2D eigenvalue weighted by Crippen LogP contribution is 2.43. The number of aliphatic hydroxyl groups is 1. The van der Waals surface area contributed by atoms with E-state index in [0.29, 0.717) is 23.7 Å². The number of rotatable bonds is 11. The van der Waals surface area contributed by atoms with E-state index in [1.807, 2.05) is 91.0 Å². The zero-order chi connectivity index (χ0) is 36.7. The van der Waals surface area contributed by atoms with Crippen LogP contribution in [0.25, 0.3) is 0 Å². The highest BCUT2D eigenvalue weighted by Gasteiger charge is 2.39. The van der Waals surface area contributed by atoms with Crippen molar-refractivity contribution in [2.24, 2.45) is 5.92 Å². The van der Waals surface area contributed by atoms with Crippen LogP contribution in [0.1, 0.15) is 47.1 Å². The zero-order valence-electron chi connectivity index (χ0n) is 30.2. The molecular weight excluding hydrogens is 670 g/mol. The predicted molar refractivity (Wildman–Crippen MR) is 204 cm³/mol. The summed E-state index contributed by atoms with van der Waals surface area (Å²) in [6.45, 7) is 4.49. The molecular formula is C43H45N3O7. The van der Waals surface area contributed by atoms with Crippen molar-refractivity contribution in [1.29, 1.82) is 0 Å². The van der Waals surface area contributed by atoms with Crippen molar-refractivity contribution in [3.8, 4) is 23.0 Å². The third-order valence-electron chi connectivity index (χ3n) is 9.87. The van der Waals surface area contributed by atoms with Crippen LogP contribution in [0.4, 0.5) is 16.2 Å². The number of aliphatic hydroxyl groups excluding tert-OH is 1. The van der Waals surface area contributed by atoms with Crippen molar-refractivity contribution < 1.29 is 33.6 Å². The van der Waals surface area contributed by atoms with Gasteiger partial charge in [-0.15, -0.1) is 0 Å². The van der Waals surface area contributed by atoms with Gasteiger partial charge in [-0.25, -0.2) is 4.79 Å². The molecule has 2 amide bonds. The fourth-order valence-electron chi connectivity index (χ4n) is 6.97. The van der Waals surface area contributed by atoms with Crippen LogP contribution < -0.4 is 24.8 Å². The Kier molecular flexibility index (Phi) is 11.2. The van der Waals surface area contributed by atoms with Gasteiger partial charge in [0.25, 0.3) is 0 Å². The standard InChI is InChI=1S/C43H45N3O7/c1-28-40(26-46-21-20-31-23-38(49-2)39(50-3)24-33(31)25-46)52-42(53-41(28)30-14-12-29(27-47)13-15-30)32-8-7-9-35(22-32)45-43(48)44-34-16-18-37(19-17-34)51-36-10-5-4-6-11-36/h4-19,22-24,28,40-42,47H,20-21,25-27H2,1-3H3,(H2,44,45,48)/t28-,40+,41+,42+/m0/s1. The number of carbonyl (C=O) groups excluding carboxylic acids is 1. The van der Waals surface area contributed by atoms with E-state index in [2.05, 4.69) is 34.6 Å². The summed E-state index contributed by atoms with van der Waals surface area (Å²) in [5.74, 6) is 2.90. The van der Waals surface area contributed by atoms with Gasteiger partial charge >= 0.3 is 6.03 Å². The number of benzene rings is 5. The van der Waals surface area contributed by atoms with Crippen LogP contribution in [0, 0.1) is 5.92 Å². The molecule has 4 atom stereocenters. The van der Waals surface area contributed by atoms with E-state index in [4.69, 9.17) is 23.7 Å². The summed E-state index contributed by atoms with van der Waals surface area (Å²) < 4.78 is 30.5. The number of nitrogens with zero attached hydrogens (tertiary/aromatic N) is 1. The smallest absolute Gasteiger partial charge is 0.323 e. The first-order chi connectivity index (χ1) is 25.9. The number of fused-ring (bicyclic) bond motifs is 1. The van der Waals surface area contributed by atoms with Crippen LogP contribution in [0.3, 0.4) is 0 Å². The van der Waals surface area contributed by atoms with Gasteiger partial charge in [-0.1, -0.05) is 61.5 Å². The predicted octanol–water partition coefficient (Wildman–Crippen LogP) is 8.48. The first-order valence-electron chi connectivity index (χ1n) is 17.9. The molecule has 3 N–H and O–H groups in total. The number of para-hydroxylation sites is 1. The molecule has 5 aromatic carbocycles. The number of urea groups is 1. The quantitative estimate of drug-likeness (QED) is 0.125. The monoisotopic (exact) mass is 715 g/mol. The van der Waals surface area contributed by atoms with Gasteiger partial charge in [0.15, 0.2) is 17.8 Å². The Hall–Kier alpha value is -5.39. The average molecular weight is 716 g/mol. The van der Waals surface area contributed by atoms with E-state index in [1.54, 1.807) is 26.4 Å². The highest BCUT2D eigenvalue weighted by molar-refractivity contribution is 5.99. The molecule has 0 radical (unpaired) electrons. The van der Waals surface area contributed by atoms with Gasteiger partial charge in [-0.3, -0.25) is 4.90 Å². The second-order valence-electron chi connectivity index (χ2n) is 13.4. The summed E-state index contributed by atoms with van der Waals surface area (Å²) in [7, 11) is 3.32. The Morgan fingerprint density at radius 2 is 1.47 bits per heavy atom. The normalized spacial score (nSPS) is 19.8. The summed E-state index contributed by atoms with van der Waals surface area (Å²) in [5, 5.41) is 15.5. The van der Waals surface area contributed by atoms with Gasteiger partial charge in [0.2, 0.25) is 0 Å². The zero-order valence-corrected chi connectivity index (χ0v) is 30.2. The third kappa shape index (κ3) is 8.64. The summed E-state index contributed by atoms with van der Waals surface area (Å²) >= 11 is 0. The van der Waals surface area contributed by atoms with E-state index >= 15 is 0 Å². The van der Waals surface area contributed by atoms with Crippen molar-refractivity contribution in [1.82, 2.24) is 4.90 Å². The molecule has 5 aromatic rings. The molecule has 1 saturated heterocycles. The molecule has 2 aliphatic rings. The van der Waals surface area contributed by atoms with Crippen LogP contribution in [-0.4, -0.2) is 49.5 Å². The molecule has 0 unspecified atom stereocenters. The number of ether oxygens (including phenoxy) is 5. The summed E-state index contributed by atoms with van der Waals surface area (Å²) in [6, 6.07) is 36.0. The Labute approximate surface area is 310 Å². The van der Waals surface area contributed by atoms with Gasteiger partial charge in [0.05, 0.1) is 33.0 Å². The fourth-order valence-corrected chi connectivity index (χ4v) is 6.97. The number of nitrogens with one attached hydrogen (secondary N) is 2. The maximum atomic E-state index is 13.1. The molecule has 0 spiro atoms. The van der Waals surface area contributed by atoms with Crippen LogP contribution >= 0.6 is 0 Å². The van der Waals surface area contributed by atoms with Crippen molar-refractivity contribution in [2.45, 2.75) is 45.0 Å². The second kappa shape index (κ2) is 16.5. The molecule has 0 bridgehead atoms. The van der Waals surface area contributed by atoms with E-state index in [0.717, 1.165) is 53.4 Å². The van der Waals surface area contributed by atoms with E-state index in [9.17, 15) is 9.90 Å². The molecule has 1 fully saturated rings. The number of methoxy groups -OCH3 is 2. The number of hydrogen-bond donors (Lipinski definition) is 3. The minimum absolute atomic E-state index is 0.0228. The van der Waals surface area contributed by atoms with Crippen LogP contribution in [-0.2, 0) is 29.0 Å². The van der Waals surface area contributed by atoms with Crippen molar-refractivity contribution in [2.75, 3.05) is 37.9 Å². The Morgan fingerprint density at radius 1 is 0.774 bits per heavy atom. The Balaban J connectivity index is 1.05. The molecule has 0 aromatic heterocycles. The lowest BCUT2D eigenvalue weighted by molar-refractivity contribution is -0.276. The topological polar surface area (TPSA) is 111 Å². The van der Waals surface area contributed by atoms with Gasteiger partial charge in [0.1, 0.15) is 11.5 Å². The van der Waals surface area contributed by atoms with Crippen LogP contribution in [0.2, 0.25) is 0 Å². The van der Waals surface area contributed by atoms with Gasteiger partial charge < -0.3 is 39.4 Å². The fraction of sp³-hybridized carbons (Fsp3) is 0.279. The minimum atomic E-state index is -0.679. The molecule has 0 aliphatic carbocycles. The molecule has 10 heteroatoms. The molecule has 274 valence electrons. The lowest BCUT2D eigenvalue weighted by Gasteiger charge is -2.43. The van der Waals surface area contributed by atoms with Gasteiger partial charge in [0, 0.05) is 42.5 Å². The molecule has 10 nitrogen and oxygen atoms in total. The van der Waals surface area contributed by atoms with E-state index < -0.39 is 6.29 Å². The number of hydrogen-bond acceptors (Lipinski definition) is 8. The van der Waals surface area contributed by atoms with Gasteiger partial charge in [-0.2, -0.15) is 0 Å². The molecule has 7 rings (SSSR count). The SMILES string of the molecule is COc1cc2c(cc1OC)CN(C[C@H]1O[C@@H](c3cccc(NC(=O)Nc4ccc(Oc5ccccc5)cc4)c3)O[C@@H](c3ccc(CO)cc3)[C@H]1C)CC2. The molecule has 2 heterocycles. The number of amides is 2. The Morgan fingerprint density at radius 3 is 2.19 bits per heavy atom. The van der Waals surface area contributed by atoms with Crippen LogP contribution in [0.15, 0.2) is 115 Å². The maximum absolute atomic E-state index is 13.1. The maximum Gasteiger partial charge on any atom is 0.323 e. The number of anilines is 2. The van der Waals surface area contributed by atoms with E-state index in [1.165, 1.54) is 11.1 Å². The largest absolute Gasteiger partial charge is 0.493 e. The minimum Gasteiger partial charge on any atom is -0.493 e. The van der Waals surface area contributed by atoms with Crippen molar-refractivity contribution >= 4 is 17.4 Å². The molecule has 2 aliphatic heterocycles. The van der Waals surface area contributed by atoms with Gasteiger partial charge in [-0.05, 0) is 89.3 Å². The van der Waals surface area contributed by atoms with Crippen molar-refractivity contribution in [3.63, 3.8) is 0 Å². The second-order valence-corrected chi connectivity index (χ2v) is 13.4. The first-order valence-corrected chi connectivity index (χ1v) is 17.9. The highest BCUT2D eigenvalue weighted by atomic mass is 16.7. The summed E-state index contributed by atoms with van der Waals surface area (Å²) in [6.07, 6.45) is -0.208. The lowest BCUT2D eigenvalue weighted by Crippen LogP contribution is -2.45. The average Bonchev–Trinajstić information content (AvgIpc) is 3.19. The van der Waals surface area contributed by atoms with E-state index in [-0.39, 0.29) is 30.8 Å². The van der Waals surface area contributed by atoms with Crippen LogP contribution in [0.5, 0.6) is 23.0 Å². The Bertz CT molecular complexity index is 1990.